The van der Waals surface area contributed by atoms with Crippen LogP contribution in [-0.2, 0) is 16.6 Å². The molecule has 2 aromatic rings. The van der Waals surface area contributed by atoms with E-state index in [4.69, 9.17) is 9.47 Å². The molecule has 0 aromatic heterocycles. The maximum absolute atomic E-state index is 13.6. The minimum atomic E-state index is -3.63. The number of benzene rings is 2. The average molecular weight is 442 g/mol. The van der Waals surface area contributed by atoms with Crippen LogP contribution in [0, 0.1) is 0 Å². The Labute approximate surface area is 185 Å². The Bertz CT molecular complexity index is 1050. The first-order valence-corrected chi connectivity index (χ1v) is 12.5. The molecule has 0 amide bonds. The molecule has 5 nitrogen and oxygen atoms in total. The zero-order valence-electron chi connectivity index (χ0n) is 18.5. The van der Waals surface area contributed by atoms with Gasteiger partial charge in [0.05, 0.1) is 11.5 Å². The first kappa shape index (κ1) is 21.9. The van der Waals surface area contributed by atoms with Gasteiger partial charge < -0.3 is 9.47 Å². The first-order chi connectivity index (χ1) is 14.8. The molecule has 0 bridgehead atoms. The summed E-state index contributed by atoms with van der Waals surface area (Å²) in [4.78, 5) is 0.311. The van der Waals surface area contributed by atoms with Crippen molar-refractivity contribution in [1.29, 1.82) is 0 Å². The molecule has 0 saturated heterocycles. The Balaban J connectivity index is 1.63. The van der Waals surface area contributed by atoms with E-state index >= 15 is 0 Å². The van der Waals surface area contributed by atoms with Gasteiger partial charge in [0, 0.05) is 18.2 Å². The third kappa shape index (κ3) is 4.80. The van der Waals surface area contributed by atoms with Gasteiger partial charge in [-0.3, -0.25) is 0 Å². The lowest BCUT2D eigenvalue weighted by atomic mass is 10.0. The van der Waals surface area contributed by atoms with E-state index in [9.17, 15) is 8.42 Å². The molecule has 1 saturated carbocycles. The van der Waals surface area contributed by atoms with Crippen LogP contribution in [0.15, 0.2) is 53.4 Å². The number of rotatable bonds is 7. The fraction of sp³-hybridized carbons (Fsp3) is 0.440. The SMILES string of the molecule is CCOc1ccc(S(=O)(=O)N(Cc2ccc3c(c2)C=CC(C)(C)O3)C2CCCC2)cc1. The predicted molar refractivity (Wildman–Crippen MR) is 123 cm³/mol. The molecule has 1 fully saturated rings. The maximum Gasteiger partial charge on any atom is 0.243 e. The minimum absolute atomic E-state index is 0.0262. The Morgan fingerprint density at radius 1 is 1.10 bits per heavy atom. The van der Waals surface area contributed by atoms with Crippen molar-refractivity contribution in [3.05, 3.63) is 59.7 Å². The monoisotopic (exact) mass is 441 g/mol. The summed E-state index contributed by atoms with van der Waals surface area (Å²) in [5.41, 5.74) is 1.62. The minimum Gasteiger partial charge on any atom is -0.494 e. The molecule has 2 aliphatic rings. The van der Waals surface area contributed by atoms with Gasteiger partial charge in [-0.25, -0.2) is 8.42 Å². The normalized spacial score (nSPS) is 18.1. The number of nitrogens with zero attached hydrogens (tertiary/aromatic N) is 1. The van der Waals surface area contributed by atoms with E-state index in [-0.39, 0.29) is 11.6 Å². The van der Waals surface area contributed by atoms with Crippen molar-refractivity contribution in [2.75, 3.05) is 6.61 Å². The molecule has 0 unspecified atom stereocenters. The Hall–Kier alpha value is -2.31. The van der Waals surface area contributed by atoms with Crippen LogP contribution in [0.4, 0.5) is 0 Å². The highest BCUT2D eigenvalue weighted by Crippen LogP contribution is 2.34. The molecule has 6 heteroatoms. The molecule has 166 valence electrons. The molecule has 1 aliphatic heterocycles. The zero-order valence-corrected chi connectivity index (χ0v) is 19.3. The number of hydrogen-bond acceptors (Lipinski definition) is 4. The quantitative estimate of drug-likeness (QED) is 0.577. The third-order valence-electron chi connectivity index (χ3n) is 5.92. The van der Waals surface area contributed by atoms with Gasteiger partial charge >= 0.3 is 0 Å². The summed E-state index contributed by atoms with van der Waals surface area (Å²) in [5.74, 6) is 1.51. The molecular formula is C25H31NO4S. The average Bonchev–Trinajstić information content (AvgIpc) is 3.26. The number of fused-ring (bicyclic) bond motifs is 1. The summed E-state index contributed by atoms with van der Waals surface area (Å²) in [6.45, 7) is 6.85. The van der Waals surface area contributed by atoms with Crippen LogP contribution in [0.2, 0.25) is 0 Å². The van der Waals surface area contributed by atoms with Gasteiger partial charge in [-0.15, -0.1) is 0 Å². The summed E-state index contributed by atoms with van der Waals surface area (Å²) in [6.07, 6.45) is 8.02. The lowest BCUT2D eigenvalue weighted by molar-refractivity contribution is 0.159. The zero-order chi connectivity index (χ0) is 22.1. The van der Waals surface area contributed by atoms with Crippen molar-refractivity contribution in [3.8, 4) is 11.5 Å². The van der Waals surface area contributed by atoms with Crippen molar-refractivity contribution < 1.29 is 17.9 Å². The molecule has 1 heterocycles. The fourth-order valence-corrected chi connectivity index (χ4v) is 5.99. The lowest BCUT2D eigenvalue weighted by Crippen LogP contribution is -2.38. The molecule has 0 spiro atoms. The topological polar surface area (TPSA) is 55.8 Å². The highest BCUT2D eigenvalue weighted by atomic mass is 32.2. The van der Waals surface area contributed by atoms with E-state index in [1.807, 2.05) is 45.0 Å². The van der Waals surface area contributed by atoms with Crippen LogP contribution >= 0.6 is 0 Å². The second-order valence-corrected chi connectivity index (χ2v) is 10.7. The Morgan fingerprint density at radius 3 is 2.48 bits per heavy atom. The molecule has 1 aliphatic carbocycles. The highest BCUT2D eigenvalue weighted by Gasteiger charge is 2.33. The standard InChI is InChI=1S/C25H31NO4S/c1-4-29-22-10-12-23(13-11-22)31(27,28)26(21-7-5-6-8-21)18-19-9-14-24-20(17-19)15-16-25(2,3)30-24/h9-17,21H,4-8,18H2,1-3H3. The second-order valence-electron chi connectivity index (χ2n) is 8.80. The summed E-state index contributed by atoms with van der Waals surface area (Å²) < 4.78 is 40.4. The molecule has 2 aromatic carbocycles. The van der Waals surface area contributed by atoms with Gasteiger partial charge in [0.25, 0.3) is 0 Å². The largest absolute Gasteiger partial charge is 0.494 e. The molecular weight excluding hydrogens is 410 g/mol. The van der Waals surface area contributed by atoms with Crippen LogP contribution < -0.4 is 9.47 Å². The van der Waals surface area contributed by atoms with Crippen LogP contribution in [0.25, 0.3) is 6.08 Å². The van der Waals surface area contributed by atoms with Gasteiger partial charge in [-0.2, -0.15) is 4.31 Å². The fourth-order valence-electron chi connectivity index (χ4n) is 4.32. The summed E-state index contributed by atoms with van der Waals surface area (Å²) in [7, 11) is -3.63. The predicted octanol–water partition coefficient (Wildman–Crippen LogP) is 5.40. The van der Waals surface area contributed by atoms with Gasteiger partial charge in [-0.05, 0) is 81.7 Å². The maximum atomic E-state index is 13.6. The summed E-state index contributed by atoms with van der Waals surface area (Å²) in [6, 6.07) is 12.7. The van der Waals surface area contributed by atoms with Crippen LogP contribution in [0.1, 0.15) is 57.6 Å². The molecule has 31 heavy (non-hydrogen) atoms. The molecule has 0 atom stereocenters. The van der Waals surface area contributed by atoms with Crippen LogP contribution in [0.3, 0.4) is 0 Å². The number of hydrogen-bond donors (Lipinski definition) is 0. The van der Waals surface area contributed by atoms with Crippen molar-refractivity contribution in [2.45, 2.75) is 69.5 Å². The smallest absolute Gasteiger partial charge is 0.243 e. The van der Waals surface area contributed by atoms with E-state index in [1.54, 1.807) is 28.6 Å². The van der Waals surface area contributed by atoms with Gasteiger partial charge in [-0.1, -0.05) is 25.0 Å². The van der Waals surface area contributed by atoms with Gasteiger partial charge in [0.15, 0.2) is 0 Å². The van der Waals surface area contributed by atoms with Crippen molar-refractivity contribution >= 4 is 16.1 Å². The van der Waals surface area contributed by atoms with Crippen LogP contribution in [0.5, 0.6) is 11.5 Å². The molecule has 4 rings (SSSR count). The lowest BCUT2D eigenvalue weighted by Gasteiger charge is -2.30. The third-order valence-corrected chi connectivity index (χ3v) is 7.84. The van der Waals surface area contributed by atoms with E-state index in [1.165, 1.54) is 0 Å². The van der Waals surface area contributed by atoms with Crippen LogP contribution in [-0.4, -0.2) is 31.0 Å². The van der Waals surface area contributed by atoms with Crippen molar-refractivity contribution in [2.24, 2.45) is 0 Å². The number of ether oxygens (including phenoxy) is 2. The van der Waals surface area contributed by atoms with Gasteiger partial charge in [0.2, 0.25) is 10.0 Å². The molecule has 0 N–H and O–H groups in total. The van der Waals surface area contributed by atoms with Crippen molar-refractivity contribution in [3.63, 3.8) is 0 Å². The van der Waals surface area contributed by atoms with E-state index in [0.717, 1.165) is 42.6 Å². The van der Waals surface area contributed by atoms with Crippen molar-refractivity contribution in [1.82, 2.24) is 4.31 Å². The van der Waals surface area contributed by atoms with E-state index in [0.29, 0.717) is 23.8 Å². The summed E-state index contributed by atoms with van der Waals surface area (Å²) >= 11 is 0. The Morgan fingerprint density at radius 2 is 1.81 bits per heavy atom. The second kappa shape index (κ2) is 8.67. The molecule has 0 radical (unpaired) electrons. The highest BCUT2D eigenvalue weighted by molar-refractivity contribution is 7.89. The number of sulfonamides is 1. The first-order valence-electron chi connectivity index (χ1n) is 11.0. The Kier molecular flexibility index (Phi) is 6.13. The van der Waals surface area contributed by atoms with E-state index in [2.05, 4.69) is 6.08 Å². The summed E-state index contributed by atoms with van der Waals surface area (Å²) in [5, 5.41) is 0. The van der Waals surface area contributed by atoms with Gasteiger partial charge in [0.1, 0.15) is 17.1 Å². The van der Waals surface area contributed by atoms with E-state index < -0.39 is 10.0 Å².